The molecule has 1 N–H and O–H groups in total. The van der Waals surface area contributed by atoms with Crippen molar-refractivity contribution < 1.29 is 9.53 Å². The Labute approximate surface area is 184 Å². The van der Waals surface area contributed by atoms with Gasteiger partial charge in [0.25, 0.3) is 5.56 Å². The maximum absolute atomic E-state index is 12.9. The van der Waals surface area contributed by atoms with Crippen LogP contribution in [0.25, 0.3) is 17.2 Å². The number of hydrazone groups is 1. The average Bonchev–Trinajstić information content (AvgIpc) is 3.14. The number of rotatable bonds is 8. The summed E-state index contributed by atoms with van der Waals surface area (Å²) in [6, 6.07) is 9.74. The van der Waals surface area contributed by atoms with Crippen LogP contribution in [0, 0.1) is 0 Å². The molecule has 10 nitrogen and oxygen atoms in total. The van der Waals surface area contributed by atoms with Crippen LogP contribution in [0.5, 0.6) is 0 Å². The molecule has 0 fully saturated rings. The number of esters is 1. The first-order valence-electron chi connectivity index (χ1n) is 10.2. The van der Waals surface area contributed by atoms with E-state index in [9.17, 15) is 14.4 Å². The number of ether oxygens (including phenoxy) is 1. The van der Waals surface area contributed by atoms with Gasteiger partial charge in [-0.25, -0.2) is 10.2 Å². The highest BCUT2D eigenvalue weighted by atomic mass is 16.5. The van der Waals surface area contributed by atoms with Gasteiger partial charge in [-0.3, -0.25) is 23.3 Å². The summed E-state index contributed by atoms with van der Waals surface area (Å²) in [7, 11) is 2.98. The summed E-state index contributed by atoms with van der Waals surface area (Å²) in [5.74, 6) is -0.106. The van der Waals surface area contributed by atoms with Crippen LogP contribution in [0.15, 0.2) is 51.1 Å². The number of aryl methyl sites for hydroxylation is 1. The highest BCUT2D eigenvalue weighted by Crippen LogP contribution is 2.16. The van der Waals surface area contributed by atoms with Crippen LogP contribution in [0.3, 0.4) is 0 Å². The Bertz CT molecular complexity index is 1300. The van der Waals surface area contributed by atoms with Crippen molar-refractivity contribution in [3.8, 4) is 0 Å². The van der Waals surface area contributed by atoms with E-state index >= 15 is 0 Å². The molecule has 0 aliphatic heterocycles. The maximum Gasteiger partial charge on any atom is 0.332 e. The number of imidazole rings is 1. The minimum absolute atomic E-state index is 0.0230. The van der Waals surface area contributed by atoms with Gasteiger partial charge < -0.3 is 4.74 Å². The lowest BCUT2D eigenvalue weighted by atomic mass is 10.2. The van der Waals surface area contributed by atoms with E-state index in [-0.39, 0.29) is 29.5 Å². The zero-order valence-electron chi connectivity index (χ0n) is 18.5. The molecular formula is C22H26N6O4. The van der Waals surface area contributed by atoms with Crippen LogP contribution in [-0.2, 0) is 30.2 Å². The molecule has 0 amide bonds. The van der Waals surface area contributed by atoms with Gasteiger partial charge in [-0.05, 0) is 19.4 Å². The molecule has 2 aromatic heterocycles. The number of benzene rings is 1. The Kier molecular flexibility index (Phi) is 7.04. The molecule has 0 radical (unpaired) electrons. The second-order valence-electron chi connectivity index (χ2n) is 7.18. The van der Waals surface area contributed by atoms with E-state index in [1.54, 1.807) is 25.5 Å². The molecular weight excluding hydrogens is 412 g/mol. The number of anilines is 1. The highest BCUT2D eigenvalue weighted by Gasteiger charge is 2.18. The fourth-order valence-corrected chi connectivity index (χ4v) is 3.17. The molecule has 3 aromatic rings. The molecule has 0 saturated carbocycles. The normalized spacial score (nSPS) is 11.9. The van der Waals surface area contributed by atoms with Crippen molar-refractivity contribution in [1.29, 1.82) is 0 Å². The number of fused-ring (bicyclic) bond motifs is 1. The van der Waals surface area contributed by atoms with E-state index in [0.717, 1.165) is 10.1 Å². The summed E-state index contributed by atoms with van der Waals surface area (Å²) in [6.45, 7) is 4.02. The number of hydrogen-bond donors (Lipinski definition) is 1. The Morgan fingerprint density at radius 3 is 2.59 bits per heavy atom. The Morgan fingerprint density at radius 2 is 1.91 bits per heavy atom. The van der Waals surface area contributed by atoms with Gasteiger partial charge in [-0.2, -0.15) is 10.1 Å². The van der Waals surface area contributed by atoms with Crippen LogP contribution >= 0.6 is 0 Å². The minimum Gasteiger partial charge on any atom is -0.466 e. The molecule has 0 atom stereocenters. The standard InChI is InChI=1S/C22H26N6O4/c1-5-32-17(29)14-15(2)24-25-21-23-19-18(20(30)27(4)22(31)26(19)3)28(21)13-9-12-16-10-7-6-8-11-16/h6-12H,5,13-14H2,1-4H3,(H,23,25)/b12-9+,24-15+. The quantitative estimate of drug-likeness (QED) is 0.327. The maximum atomic E-state index is 12.9. The van der Waals surface area contributed by atoms with E-state index in [0.29, 0.717) is 18.9 Å². The third-order valence-electron chi connectivity index (χ3n) is 4.80. The lowest BCUT2D eigenvalue weighted by Gasteiger charge is -2.07. The van der Waals surface area contributed by atoms with E-state index in [1.807, 2.05) is 42.5 Å². The predicted octanol–water partition coefficient (Wildman–Crippen LogP) is 1.89. The zero-order valence-corrected chi connectivity index (χ0v) is 18.5. The van der Waals surface area contributed by atoms with Gasteiger partial charge in [0.2, 0.25) is 5.95 Å². The molecule has 10 heteroatoms. The van der Waals surface area contributed by atoms with E-state index in [2.05, 4.69) is 15.5 Å². The lowest BCUT2D eigenvalue weighted by Crippen LogP contribution is -2.37. The van der Waals surface area contributed by atoms with Crippen LogP contribution in [0.1, 0.15) is 25.8 Å². The van der Waals surface area contributed by atoms with Gasteiger partial charge in [0.05, 0.1) is 13.0 Å². The van der Waals surface area contributed by atoms with Gasteiger partial charge in [-0.1, -0.05) is 42.5 Å². The summed E-state index contributed by atoms with van der Waals surface area (Å²) >= 11 is 0. The SMILES string of the molecule is CCOC(=O)C/C(C)=N/Nc1nc2c(c(=O)n(C)c(=O)n2C)n1C/C=C/c1ccccc1. The summed E-state index contributed by atoms with van der Waals surface area (Å²) < 4.78 is 8.94. The Balaban J connectivity index is 2.01. The average molecular weight is 438 g/mol. The third kappa shape index (κ3) is 4.85. The largest absolute Gasteiger partial charge is 0.466 e. The summed E-state index contributed by atoms with van der Waals surface area (Å²) in [5.41, 5.74) is 3.91. The first-order chi connectivity index (χ1) is 15.3. The summed E-state index contributed by atoms with van der Waals surface area (Å²) in [5, 5.41) is 4.21. The van der Waals surface area contributed by atoms with Gasteiger partial charge in [-0.15, -0.1) is 0 Å². The van der Waals surface area contributed by atoms with Crippen molar-refractivity contribution >= 4 is 34.9 Å². The predicted molar refractivity (Wildman–Crippen MR) is 124 cm³/mol. The van der Waals surface area contributed by atoms with E-state index < -0.39 is 11.2 Å². The first-order valence-corrected chi connectivity index (χ1v) is 10.2. The third-order valence-corrected chi connectivity index (χ3v) is 4.80. The fourth-order valence-electron chi connectivity index (χ4n) is 3.17. The summed E-state index contributed by atoms with van der Waals surface area (Å²) in [6.07, 6.45) is 3.84. The molecule has 0 spiro atoms. The molecule has 2 heterocycles. The fraction of sp³-hybridized carbons (Fsp3) is 0.318. The number of nitrogens with zero attached hydrogens (tertiary/aromatic N) is 5. The minimum atomic E-state index is -0.472. The molecule has 32 heavy (non-hydrogen) atoms. The van der Waals surface area contributed by atoms with Crippen molar-refractivity contribution in [2.24, 2.45) is 19.2 Å². The number of hydrogen-bond acceptors (Lipinski definition) is 7. The first kappa shape index (κ1) is 22.7. The van der Waals surface area contributed by atoms with E-state index in [4.69, 9.17) is 4.74 Å². The molecule has 0 saturated heterocycles. The molecule has 0 aliphatic carbocycles. The number of allylic oxidation sites excluding steroid dienone is 1. The van der Waals surface area contributed by atoms with Crippen LogP contribution in [-0.4, -0.2) is 37.0 Å². The lowest BCUT2D eigenvalue weighted by molar-refractivity contribution is -0.141. The molecule has 3 rings (SSSR count). The van der Waals surface area contributed by atoms with Gasteiger partial charge in [0.1, 0.15) is 0 Å². The zero-order chi connectivity index (χ0) is 23.3. The molecule has 168 valence electrons. The number of carbonyl (C=O) groups is 1. The van der Waals surface area contributed by atoms with Gasteiger partial charge in [0, 0.05) is 26.4 Å². The van der Waals surface area contributed by atoms with Crippen LogP contribution in [0.2, 0.25) is 0 Å². The van der Waals surface area contributed by atoms with Gasteiger partial charge in [0.15, 0.2) is 11.2 Å². The van der Waals surface area contributed by atoms with Crippen molar-refractivity contribution in [1.82, 2.24) is 18.7 Å². The van der Waals surface area contributed by atoms with Gasteiger partial charge >= 0.3 is 11.7 Å². The van der Waals surface area contributed by atoms with Crippen LogP contribution in [0.4, 0.5) is 5.95 Å². The van der Waals surface area contributed by atoms with Crippen molar-refractivity contribution in [3.05, 3.63) is 62.8 Å². The highest BCUT2D eigenvalue weighted by molar-refractivity contribution is 5.97. The number of carbonyl (C=O) groups excluding carboxylic acids is 1. The van der Waals surface area contributed by atoms with Crippen molar-refractivity contribution in [2.75, 3.05) is 12.0 Å². The van der Waals surface area contributed by atoms with Crippen molar-refractivity contribution in [3.63, 3.8) is 0 Å². The van der Waals surface area contributed by atoms with Crippen LogP contribution < -0.4 is 16.7 Å². The second kappa shape index (κ2) is 9.90. The number of nitrogens with one attached hydrogen (secondary N) is 1. The second-order valence-corrected chi connectivity index (χ2v) is 7.18. The summed E-state index contributed by atoms with van der Waals surface area (Å²) in [4.78, 5) is 41.3. The van der Waals surface area contributed by atoms with E-state index in [1.165, 1.54) is 11.6 Å². The van der Waals surface area contributed by atoms with Crippen molar-refractivity contribution in [2.45, 2.75) is 26.8 Å². The monoisotopic (exact) mass is 438 g/mol. The molecule has 0 aliphatic rings. The number of aromatic nitrogens is 4. The Hall–Kier alpha value is -3.95. The Morgan fingerprint density at radius 1 is 1.19 bits per heavy atom. The molecule has 0 unspecified atom stereocenters. The molecule has 0 bridgehead atoms. The molecule has 1 aromatic carbocycles. The smallest absolute Gasteiger partial charge is 0.332 e. The topological polar surface area (TPSA) is 113 Å².